The Kier molecular flexibility index (Phi) is 18.4. The van der Waals surface area contributed by atoms with Crippen molar-refractivity contribution in [2.75, 3.05) is 13.6 Å². The van der Waals surface area contributed by atoms with Crippen molar-refractivity contribution in [2.45, 2.75) is 96.8 Å². The maximum Gasteiger partial charge on any atom is -0.00519 e. The van der Waals surface area contributed by atoms with Crippen LogP contribution in [0.2, 0.25) is 0 Å². The fourth-order valence-electron chi connectivity index (χ4n) is 2.55. The molecule has 0 radical (unpaired) electrons. The van der Waals surface area contributed by atoms with Gasteiger partial charge >= 0.3 is 0 Å². The van der Waals surface area contributed by atoms with Gasteiger partial charge in [-0.25, -0.2) is 0 Å². The SMILES string of the molecule is CCCCCCCCC/C=C\CCCCCCCNC. The summed E-state index contributed by atoms with van der Waals surface area (Å²) in [6, 6.07) is 0. The summed E-state index contributed by atoms with van der Waals surface area (Å²) in [5.41, 5.74) is 0. The van der Waals surface area contributed by atoms with E-state index in [0.717, 1.165) is 0 Å². The maximum atomic E-state index is 3.21. The highest BCUT2D eigenvalue weighted by atomic mass is 14.8. The Morgan fingerprint density at radius 1 is 0.600 bits per heavy atom. The number of allylic oxidation sites excluding steroid dienone is 2. The Morgan fingerprint density at radius 3 is 1.55 bits per heavy atom. The van der Waals surface area contributed by atoms with Crippen LogP contribution in [0.5, 0.6) is 0 Å². The van der Waals surface area contributed by atoms with E-state index in [2.05, 4.69) is 24.4 Å². The average Bonchev–Trinajstić information content (AvgIpc) is 2.47. The minimum Gasteiger partial charge on any atom is -0.320 e. The molecule has 0 saturated carbocycles. The summed E-state index contributed by atoms with van der Waals surface area (Å²) in [7, 11) is 2.04. The summed E-state index contributed by atoms with van der Waals surface area (Å²) in [6.45, 7) is 3.46. The molecule has 0 aliphatic carbocycles. The van der Waals surface area contributed by atoms with E-state index in [-0.39, 0.29) is 0 Å². The van der Waals surface area contributed by atoms with Crippen molar-refractivity contribution in [1.82, 2.24) is 5.32 Å². The van der Waals surface area contributed by atoms with E-state index in [1.54, 1.807) is 0 Å². The fraction of sp³-hybridized carbons (Fsp3) is 0.895. The van der Waals surface area contributed by atoms with E-state index in [4.69, 9.17) is 0 Å². The number of nitrogens with one attached hydrogen (secondary N) is 1. The second kappa shape index (κ2) is 18.7. The smallest absolute Gasteiger partial charge is 0.00519 e. The van der Waals surface area contributed by atoms with Crippen LogP contribution in [-0.4, -0.2) is 13.6 Å². The molecule has 0 aliphatic heterocycles. The summed E-state index contributed by atoms with van der Waals surface area (Å²) < 4.78 is 0. The van der Waals surface area contributed by atoms with Crippen molar-refractivity contribution < 1.29 is 0 Å². The predicted octanol–water partition coefficient (Wildman–Crippen LogP) is 6.24. The van der Waals surface area contributed by atoms with Crippen molar-refractivity contribution in [2.24, 2.45) is 0 Å². The first-order valence-electron chi connectivity index (χ1n) is 9.21. The standard InChI is InChI=1S/C19H39N/c1-3-4-5-6-7-8-9-10-11-12-13-14-15-16-17-18-19-20-2/h11-12,20H,3-10,13-19H2,1-2H3/b12-11-. The molecule has 0 unspecified atom stereocenters. The van der Waals surface area contributed by atoms with Crippen molar-refractivity contribution in [3.8, 4) is 0 Å². The highest BCUT2D eigenvalue weighted by Crippen LogP contribution is 2.09. The molecule has 0 spiro atoms. The molecule has 0 rings (SSSR count). The van der Waals surface area contributed by atoms with Crippen LogP contribution in [0, 0.1) is 0 Å². The van der Waals surface area contributed by atoms with Crippen LogP contribution >= 0.6 is 0 Å². The van der Waals surface area contributed by atoms with Gasteiger partial charge in [-0.3, -0.25) is 0 Å². The molecule has 1 nitrogen and oxygen atoms in total. The average molecular weight is 282 g/mol. The third kappa shape index (κ3) is 17.7. The molecule has 0 heterocycles. The lowest BCUT2D eigenvalue weighted by Crippen LogP contribution is -2.06. The summed E-state index contributed by atoms with van der Waals surface area (Å²) in [5.74, 6) is 0. The third-order valence-electron chi connectivity index (χ3n) is 3.94. The Balaban J connectivity index is 3.01. The van der Waals surface area contributed by atoms with Crippen molar-refractivity contribution in [1.29, 1.82) is 0 Å². The normalized spacial score (nSPS) is 11.5. The Hall–Kier alpha value is -0.300. The monoisotopic (exact) mass is 281 g/mol. The molecule has 120 valence electrons. The number of hydrogen-bond acceptors (Lipinski definition) is 1. The summed E-state index contributed by atoms with van der Waals surface area (Å²) >= 11 is 0. The molecule has 0 aromatic heterocycles. The molecule has 0 aromatic carbocycles. The zero-order valence-electron chi connectivity index (χ0n) is 14.3. The molecular formula is C19H39N. The van der Waals surface area contributed by atoms with Gasteiger partial charge in [-0.2, -0.15) is 0 Å². The highest BCUT2D eigenvalue weighted by molar-refractivity contribution is 4.81. The van der Waals surface area contributed by atoms with E-state index in [1.165, 1.54) is 96.4 Å². The fourth-order valence-corrected chi connectivity index (χ4v) is 2.55. The lowest BCUT2D eigenvalue weighted by atomic mass is 10.1. The van der Waals surface area contributed by atoms with Gasteiger partial charge in [0.05, 0.1) is 0 Å². The molecule has 0 atom stereocenters. The van der Waals surface area contributed by atoms with Crippen LogP contribution in [0.25, 0.3) is 0 Å². The molecule has 1 N–H and O–H groups in total. The largest absolute Gasteiger partial charge is 0.320 e. The Labute approximate surface area is 128 Å². The molecular weight excluding hydrogens is 242 g/mol. The van der Waals surface area contributed by atoms with E-state index in [9.17, 15) is 0 Å². The third-order valence-corrected chi connectivity index (χ3v) is 3.94. The first-order valence-corrected chi connectivity index (χ1v) is 9.21. The number of hydrogen-bond donors (Lipinski definition) is 1. The Morgan fingerprint density at radius 2 is 1.05 bits per heavy atom. The molecule has 1 heteroatoms. The molecule has 0 aromatic rings. The second-order valence-corrected chi connectivity index (χ2v) is 6.04. The predicted molar refractivity (Wildman–Crippen MR) is 93.4 cm³/mol. The molecule has 0 fully saturated rings. The second-order valence-electron chi connectivity index (χ2n) is 6.04. The van der Waals surface area contributed by atoms with Gasteiger partial charge in [-0.1, -0.05) is 76.9 Å². The minimum atomic E-state index is 1.18. The minimum absolute atomic E-state index is 1.18. The van der Waals surface area contributed by atoms with Gasteiger partial charge in [0, 0.05) is 0 Å². The number of rotatable bonds is 16. The van der Waals surface area contributed by atoms with Gasteiger partial charge < -0.3 is 5.32 Å². The van der Waals surface area contributed by atoms with Crippen LogP contribution in [0.3, 0.4) is 0 Å². The van der Waals surface area contributed by atoms with Crippen LogP contribution < -0.4 is 5.32 Å². The molecule has 0 aliphatic rings. The number of unbranched alkanes of at least 4 members (excludes halogenated alkanes) is 12. The molecule has 0 bridgehead atoms. The first kappa shape index (κ1) is 19.7. The van der Waals surface area contributed by atoms with Gasteiger partial charge in [-0.05, 0) is 45.7 Å². The maximum absolute atomic E-state index is 3.21. The zero-order valence-corrected chi connectivity index (χ0v) is 14.3. The van der Waals surface area contributed by atoms with Crippen LogP contribution in [-0.2, 0) is 0 Å². The lowest BCUT2D eigenvalue weighted by molar-refractivity contribution is 0.590. The topological polar surface area (TPSA) is 12.0 Å². The van der Waals surface area contributed by atoms with Gasteiger partial charge in [0.15, 0.2) is 0 Å². The van der Waals surface area contributed by atoms with Gasteiger partial charge in [0.25, 0.3) is 0 Å². The van der Waals surface area contributed by atoms with Crippen LogP contribution in [0.4, 0.5) is 0 Å². The van der Waals surface area contributed by atoms with Crippen LogP contribution in [0.15, 0.2) is 12.2 Å². The molecule has 0 amide bonds. The van der Waals surface area contributed by atoms with Crippen molar-refractivity contribution >= 4 is 0 Å². The highest BCUT2D eigenvalue weighted by Gasteiger charge is 1.90. The van der Waals surface area contributed by atoms with Crippen molar-refractivity contribution in [3.63, 3.8) is 0 Å². The van der Waals surface area contributed by atoms with Gasteiger partial charge in [0.1, 0.15) is 0 Å². The van der Waals surface area contributed by atoms with Gasteiger partial charge in [0.2, 0.25) is 0 Å². The quantitative estimate of drug-likeness (QED) is 0.261. The van der Waals surface area contributed by atoms with E-state index < -0.39 is 0 Å². The Bertz CT molecular complexity index is 166. The van der Waals surface area contributed by atoms with E-state index >= 15 is 0 Å². The van der Waals surface area contributed by atoms with Crippen molar-refractivity contribution in [3.05, 3.63) is 12.2 Å². The van der Waals surface area contributed by atoms with E-state index in [1.807, 2.05) is 7.05 Å². The summed E-state index contributed by atoms with van der Waals surface area (Å²) in [6.07, 6.45) is 24.3. The van der Waals surface area contributed by atoms with E-state index in [0.29, 0.717) is 0 Å². The van der Waals surface area contributed by atoms with Gasteiger partial charge in [-0.15, -0.1) is 0 Å². The molecule has 0 saturated heterocycles. The summed E-state index contributed by atoms with van der Waals surface area (Å²) in [5, 5.41) is 3.21. The first-order chi connectivity index (χ1) is 9.91. The zero-order chi connectivity index (χ0) is 14.7. The lowest BCUT2D eigenvalue weighted by Gasteiger charge is -2.00. The van der Waals surface area contributed by atoms with Crippen LogP contribution in [0.1, 0.15) is 96.8 Å². The summed E-state index contributed by atoms with van der Waals surface area (Å²) in [4.78, 5) is 0. The molecule has 20 heavy (non-hydrogen) atoms.